The van der Waals surface area contributed by atoms with Gasteiger partial charge >= 0.3 is 0 Å². The second-order valence-electron chi connectivity index (χ2n) is 9.64. The number of anilines is 1. The molecule has 0 aliphatic heterocycles. The number of rotatable bonds is 15. The van der Waals surface area contributed by atoms with Gasteiger partial charge in [0, 0.05) is 49.4 Å². The maximum Gasteiger partial charge on any atom is 0.169 e. The summed E-state index contributed by atoms with van der Waals surface area (Å²) in [6, 6.07) is 16.6. The highest BCUT2D eigenvalue weighted by Gasteiger charge is 2.10. The van der Waals surface area contributed by atoms with Gasteiger partial charge in [-0.1, -0.05) is 64.8 Å². The number of unbranched alkanes of at least 4 members (excludes halogenated alkanes) is 2. The van der Waals surface area contributed by atoms with Gasteiger partial charge in [0.2, 0.25) is 0 Å². The maximum absolute atomic E-state index is 15.3. The van der Waals surface area contributed by atoms with E-state index in [1.54, 1.807) is 6.08 Å². The van der Waals surface area contributed by atoms with Gasteiger partial charge in [-0.05, 0) is 60.5 Å². The predicted molar refractivity (Wildman–Crippen MR) is 154 cm³/mol. The Morgan fingerprint density at radius 1 is 0.833 bits per heavy atom. The van der Waals surface area contributed by atoms with Crippen molar-refractivity contribution in [2.24, 2.45) is 0 Å². The SMILES string of the molecule is CCCCN(CCCC)c1ccc2c(/C=C(\F)c3cc[n+](CCCN(CC)CC)cc3)cccc2c1. The third-order valence-electron chi connectivity index (χ3n) is 7.06. The quantitative estimate of drug-likeness (QED) is 0.202. The summed E-state index contributed by atoms with van der Waals surface area (Å²) in [7, 11) is 0. The van der Waals surface area contributed by atoms with Crippen molar-refractivity contribution in [2.45, 2.75) is 66.3 Å². The first-order valence-electron chi connectivity index (χ1n) is 14.0. The third kappa shape index (κ3) is 7.89. The van der Waals surface area contributed by atoms with Gasteiger partial charge in [-0.3, -0.25) is 0 Å². The average molecular weight is 491 g/mol. The molecule has 0 fully saturated rings. The summed E-state index contributed by atoms with van der Waals surface area (Å²) in [4.78, 5) is 4.93. The minimum absolute atomic E-state index is 0.200. The van der Waals surface area contributed by atoms with Crippen LogP contribution in [0.2, 0.25) is 0 Å². The van der Waals surface area contributed by atoms with Crippen LogP contribution < -0.4 is 9.47 Å². The lowest BCUT2D eigenvalue weighted by atomic mass is 10.0. The van der Waals surface area contributed by atoms with E-state index < -0.39 is 0 Å². The molecule has 0 amide bonds. The Morgan fingerprint density at radius 3 is 2.17 bits per heavy atom. The number of nitrogens with zero attached hydrogens (tertiary/aromatic N) is 3. The summed E-state index contributed by atoms with van der Waals surface area (Å²) in [5.74, 6) is -0.200. The topological polar surface area (TPSA) is 10.4 Å². The molecule has 194 valence electrons. The lowest BCUT2D eigenvalue weighted by Gasteiger charge is -2.25. The summed E-state index contributed by atoms with van der Waals surface area (Å²) in [6.07, 6.45) is 11.5. The molecule has 1 heterocycles. The highest BCUT2D eigenvalue weighted by molar-refractivity contribution is 5.95. The Kier molecular flexibility index (Phi) is 11.4. The first kappa shape index (κ1) is 27.9. The van der Waals surface area contributed by atoms with Gasteiger partial charge in [0.15, 0.2) is 12.4 Å². The summed E-state index contributed by atoms with van der Waals surface area (Å²) >= 11 is 0. The minimum atomic E-state index is -0.200. The molecule has 3 nitrogen and oxygen atoms in total. The maximum atomic E-state index is 15.3. The summed E-state index contributed by atoms with van der Waals surface area (Å²) in [5.41, 5.74) is 2.80. The number of hydrogen-bond acceptors (Lipinski definition) is 2. The number of aromatic nitrogens is 1. The average Bonchev–Trinajstić information content (AvgIpc) is 2.91. The van der Waals surface area contributed by atoms with Gasteiger partial charge in [-0.25, -0.2) is 8.96 Å². The molecule has 1 aromatic heterocycles. The Balaban J connectivity index is 1.75. The Morgan fingerprint density at radius 2 is 1.53 bits per heavy atom. The van der Waals surface area contributed by atoms with Gasteiger partial charge in [0.1, 0.15) is 12.4 Å². The van der Waals surface area contributed by atoms with Crippen molar-refractivity contribution in [1.29, 1.82) is 0 Å². The molecular weight excluding hydrogens is 445 g/mol. The molecular formula is C32H45FN3+. The molecule has 0 spiro atoms. The van der Waals surface area contributed by atoms with Crippen LogP contribution in [0, 0.1) is 0 Å². The molecule has 36 heavy (non-hydrogen) atoms. The monoisotopic (exact) mass is 490 g/mol. The largest absolute Gasteiger partial charge is 0.372 e. The van der Waals surface area contributed by atoms with Gasteiger partial charge in [-0.15, -0.1) is 0 Å². The van der Waals surface area contributed by atoms with Crippen LogP contribution in [0.5, 0.6) is 0 Å². The fourth-order valence-electron chi connectivity index (χ4n) is 4.69. The number of fused-ring (bicyclic) bond motifs is 1. The van der Waals surface area contributed by atoms with Crippen molar-refractivity contribution in [3.8, 4) is 0 Å². The van der Waals surface area contributed by atoms with Crippen molar-refractivity contribution < 1.29 is 8.96 Å². The van der Waals surface area contributed by atoms with Gasteiger partial charge in [0.25, 0.3) is 0 Å². The highest BCUT2D eigenvalue weighted by Crippen LogP contribution is 2.28. The van der Waals surface area contributed by atoms with E-state index >= 15 is 4.39 Å². The molecule has 0 aliphatic rings. The number of benzene rings is 2. The molecule has 0 saturated heterocycles. The lowest BCUT2D eigenvalue weighted by Crippen LogP contribution is -2.35. The lowest BCUT2D eigenvalue weighted by molar-refractivity contribution is -0.697. The second-order valence-corrected chi connectivity index (χ2v) is 9.64. The zero-order chi connectivity index (χ0) is 25.8. The number of pyridine rings is 1. The predicted octanol–water partition coefficient (Wildman–Crippen LogP) is 7.73. The van der Waals surface area contributed by atoms with Crippen LogP contribution in [0.4, 0.5) is 10.1 Å². The van der Waals surface area contributed by atoms with Gasteiger partial charge in [0.05, 0.1) is 0 Å². The van der Waals surface area contributed by atoms with E-state index in [1.165, 1.54) is 31.4 Å². The van der Waals surface area contributed by atoms with Crippen LogP contribution in [0.1, 0.15) is 70.9 Å². The fourth-order valence-corrected chi connectivity index (χ4v) is 4.69. The van der Waals surface area contributed by atoms with Crippen LogP contribution in [0.25, 0.3) is 22.7 Å². The van der Waals surface area contributed by atoms with Crippen LogP contribution >= 0.6 is 0 Å². The molecule has 0 unspecified atom stereocenters. The molecule has 0 N–H and O–H groups in total. The van der Waals surface area contributed by atoms with E-state index in [9.17, 15) is 0 Å². The minimum Gasteiger partial charge on any atom is -0.372 e. The molecule has 4 heteroatoms. The fraction of sp³-hybridized carbons (Fsp3) is 0.469. The van der Waals surface area contributed by atoms with E-state index in [4.69, 9.17) is 0 Å². The van der Waals surface area contributed by atoms with Crippen molar-refractivity contribution in [1.82, 2.24) is 4.90 Å². The summed E-state index contributed by atoms with van der Waals surface area (Å²) < 4.78 is 17.4. The number of hydrogen-bond donors (Lipinski definition) is 0. The van der Waals surface area contributed by atoms with Crippen LogP contribution in [-0.4, -0.2) is 37.6 Å². The van der Waals surface area contributed by atoms with E-state index in [0.29, 0.717) is 5.56 Å². The Hall–Kier alpha value is -2.72. The van der Waals surface area contributed by atoms with Crippen LogP contribution in [0.3, 0.4) is 0 Å². The van der Waals surface area contributed by atoms with Crippen LogP contribution in [-0.2, 0) is 6.54 Å². The van der Waals surface area contributed by atoms with Crippen molar-refractivity contribution in [3.63, 3.8) is 0 Å². The van der Waals surface area contributed by atoms with Crippen molar-refractivity contribution in [2.75, 3.05) is 37.6 Å². The molecule has 0 aliphatic carbocycles. The normalized spacial score (nSPS) is 12.0. The first-order chi connectivity index (χ1) is 17.6. The molecule has 3 aromatic rings. The van der Waals surface area contributed by atoms with Gasteiger partial charge in [-0.2, -0.15) is 0 Å². The molecule has 0 radical (unpaired) electrons. The zero-order valence-electron chi connectivity index (χ0n) is 22.8. The van der Waals surface area contributed by atoms with E-state index in [1.807, 2.05) is 36.7 Å². The molecule has 0 atom stereocenters. The number of halogens is 1. The van der Waals surface area contributed by atoms with Gasteiger partial charge < -0.3 is 9.80 Å². The van der Waals surface area contributed by atoms with Crippen molar-refractivity contribution in [3.05, 3.63) is 72.1 Å². The van der Waals surface area contributed by atoms with E-state index in [0.717, 1.165) is 62.0 Å². The molecule has 0 saturated carbocycles. The third-order valence-corrected chi connectivity index (χ3v) is 7.06. The standard InChI is InChI=1S/C32H45FN3/c1-5-9-21-36(22-10-6-2)30-15-16-31-28(25-30)13-11-14-29(31)26-32(33)27-17-23-35(24-18-27)20-12-19-34(7-3)8-4/h11,13-18,23-26H,5-10,12,19-22H2,1-4H3/q+1/b32-26-. The smallest absolute Gasteiger partial charge is 0.169 e. The van der Waals surface area contributed by atoms with Crippen molar-refractivity contribution >= 4 is 28.4 Å². The summed E-state index contributed by atoms with van der Waals surface area (Å²) in [5, 5.41) is 2.25. The Labute approximate surface area is 218 Å². The molecule has 0 bridgehead atoms. The number of aryl methyl sites for hydroxylation is 1. The second kappa shape index (κ2) is 14.7. The highest BCUT2D eigenvalue weighted by atomic mass is 19.1. The zero-order valence-corrected chi connectivity index (χ0v) is 22.8. The van der Waals surface area contributed by atoms with Crippen LogP contribution in [0.15, 0.2) is 60.9 Å². The molecule has 3 rings (SSSR count). The van der Waals surface area contributed by atoms with E-state index in [2.05, 4.69) is 66.3 Å². The Bertz CT molecular complexity index is 1080. The first-order valence-corrected chi connectivity index (χ1v) is 14.0. The summed E-state index contributed by atoms with van der Waals surface area (Å²) in [6.45, 7) is 15.3. The van der Waals surface area contributed by atoms with E-state index in [-0.39, 0.29) is 5.83 Å². The molecule has 2 aromatic carbocycles.